The van der Waals surface area contributed by atoms with E-state index in [9.17, 15) is 9.59 Å². The number of rotatable bonds is 4. The van der Waals surface area contributed by atoms with Crippen molar-refractivity contribution in [1.29, 1.82) is 0 Å². The third-order valence-electron chi connectivity index (χ3n) is 5.18. The molecule has 0 spiro atoms. The molecule has 4 rings (SSSR count). The number of hydrogen-bond donors (Lipinski definition) is 1. The number of aromatic nitrogens is 1. The molecule has 0 amide bonds. The first-order valence-corrected chi connectivity index (χ1v) is 9.14. The van der Waals surface area contributed by atoms with E-state index in [1.165, 1.54) is 21.3 Å². The average Bonchev–Trinajstić information content (AvgIpc) is 2.70. The lowest BCUT2D eigenvalue weighted by Gasteiger charge is -2.28. The van der Waals surface area contributed by atoms with Crippen LogP contribution < -0.4 is 24.5 Å². The summed E-state index contributed by atoms with van der Waals surface area (Å²) in [6.07, 6.45) is 0.0132. The quantitative estimate of drug-likeness (QED) is 0.539. The van der Waals surface area contributed by atoms with E-state index >= 15 is 0 Å². The second kappa shape index (κ2) is 7.16. The fourth-order valence-electron chi connectivity index (χ4n) is 3.86. The molecule has 1 aromatic heterocycles. The number of carbonyl (C=O) groups excluding carboxylic acids is 1. The number of ether oxygens (including phenoxy) is 4. The van der Waals surface area contributed by atoms with Crippen molar-refractivity contribution >= 4 is 16.9 Å². The summed E-state index contributed by atoms with van der Waals surface area (Å²) in [5, 5.41) is 0.880. The Morgan fingerprint density at radius 3 is 2.45 bits per heavy atom. The summed E-state index contributed by atoms with van der Waals surface area (Å²) >= 11 is 0. The Hall–Kier alpha value is -3.48. The van der Waals surface area contributed by atoms with Crippen LogP contribution in [0.1, 0.15) is 29.0 Å². The van der Waals surface area contributed by atoms with Gasteiger partial charge in [0, 0.05) is 28.6 Å². The van der Waals surface area contributed by atoms with Crippen LogP contribution in [-0.2, 0) is 4.79 Å². The van der Waals surface area contributed by atoms with Crippen molar-refractivity contribution in [1.82, 2.24) is 4.98 Å². The van der Waals surface area contributed by atoms with Gasteiger partial charge in [0.05, 0.1) is 27.8 Å². The van der Waals surface area contributed by atoms with Gasteiger partial charge < -0.3 is 23.9 Å². The van der Waals surface area contributed by atoms with Crippen LogP contribution in [0.3, 0.4) is 0 Å². The van der Waals surface area contributed by atoms with Crippen molar-refractivity contribution in [3.05, 3.63) is 57.4 Å². The monoisotopic (exact) mass is 395 g/mol. The highest BCUT2D eigenvalue weighted by atomic mass is 16.5. The molecule has 2 aromatic carbocycles. The Kier molecular flexibility index (Phi) is 4.66. The number of hydrogen-bond acceptors (Lipinski definition) is 6. The zero-order valence-corrected chi connectivity index (χ0v) is 16.6. The maximum absolute atomic E-state index is 12.9. The number of benzene rings is 2. The maximum atomic E-state index is 12.9. The van der Waals surface area contributed by atoms with Crippen LogP contribution in [0.5, 0.6) is 23.0 Å². The number of esters is 1. The molecular formula is C22H21NO6. The third-order valence-corrected chi connectivity index (χ3v) is 5.18. The number of fused-ring (bicyclic) bond motifs is 2. The summed E-state index contributed by atoms with van der Waals surface area (Å²) in [5.74, 6) is 0.450. The predicted octanol–water partition coefficient (Wildman–Crippen LogP) is 3.30. The minimum Gasteiger partial charge on any atom is -0.493 e. The Labute approximate surface area is 167 Å². The normalized spacial score (nSPS) is 15.6. The molecule has 7 nitrogen and oxygen atoms in total. The van der Waals surface area contributed by atoms with Gasteiger partial charge in [-0.15, -0.1) is 0 Å². The van der Waals surface area contributed by atoms with E-state index in [0.717, 1.165) is 16.5 Å². The van der Waals surface area contributed by atoms with Gasteiger partial charge in [-0.2, -0.15) is 0 Å². The van der Waals surface area contributed by atoms with Gasteiger partial charge in [-0.3, -0.25) is 9.59 Å². The predicted molar refractivity (Wildman–Crippen MR) is 107 cm³/mol. The number of methoxy groups -OCH3 is 3. The van der Waals surface area contributed by atoms with Crippen molar-refractivity contribution in [3.63, 3.8) is 0 Å². The standard InChI is InChI=1S/C22H21NO6/c1-11-5-6-12-8-14(22(25)23-15(12)7-11)13-9-18(24)29-16-10-17(26-2)20(27-3)21(28-4)19(13)16/h5-8,10,13H,9H2,1-4H3,(H,23,25). The van der Waals surface area contributed by atoms with Crippen LogP contribution in [0.25, 0.3) is 10.9 Å². The van der Waals surface area contributed by atoms with E-state index in [1.54, 1.807) is 6.07 Å². The minimum atomic E-state index is -0.546. The van der Waals surface area contributed by atoms with Gasteiger partial charge in [-0.1, -0.05) is 12.1 Å². The van der Waals surface area contributed by atoms with Crippen molar-refractivity contribution in [2.45, 2.75) is 19.3 Å². The van der Waals surface area contributed by atoms with E-state index in [1.807, 2.05) is 31.2 Å². The highest BCUT2D eigenvalue weighted by Crippen LogP contribution is 2.51. The van der Waals surface area contributed by atoms with Gasteiger partial charge >= 0.3 is 5.97 Å². The lowest BCUT2D eigenvalue weighted by atomic mass is 9.85. The fraction of sp³-hybridized carbons (Fsp3) is 0.273. The molecule has 0 fully saturated rings. The molecule has 1 N–H and O–H groups in total. The Balaban J connectivity index is 1.99. The molecule has 0 saturated carbocycles. The summed E-state index contributed by atoms with van der Waals surface area (Å²) in [5.41, 5.74) is 2.58. The topological polar surface area (TPSA) is 86.9 Å². The third kappa shape index (κ3) is 3.08. The molecule has 0 radical (unpaired) electrons. The molecule has 0 bridgehead atoms. The summed E-state index contributed by atoms with van der Waals surface area (Å²) in [4.78, 5) is 28.2. The molecule has 29 heavy (non-hydrogen) atoms. The Bertz CT molecular complexity index is 1180. The molecule has 1 aliphatic heterocycles. The van der Waals surface area contributed by atoms with E-state index < -0.39 is 11.9 Å². The van der Waals surface area contributed by atoms with Crippen molar-refractivity contribution in [2.75, 3.05) is 21.3 Å². The number of H-pyrrole nitrogens is 1. The lowest BCUT2D eigenvalue weighted by Crippen LogP contribution is -2.26. The van der Waals surface area contributed by atoms with E-state index in [0.29, 0.717) is 34.1 Å². The maximum Gasteiger partial charge on any atom is 0.312 e. The van der Waals surface area contributed by atoms with Crippen LogP contribution in [0, 0.1) is 6.92 Å². The second-order valence-corrected chi connectivity index (χ2v) is 6.93. The largest absolute Gasteiger partial charge is 0.493 e. The van der Waals surface area contributed by atoms with Crippen LogP contribution >= 0.6 is 0 Å². The van der Waals surface area contributed by atoms with Crippen molar-refractivity contribution < 1.29 is 23.7 Å². The molecule has 150 valence electrons. The summed E-state index contributed by atoms with van der Waals surface area (Å²) in [7, 11) is 4.49. The second-order valence-electron chi connectivity index (χ2n) is 6.93. The van der Waals surface area contributed by atoms with Crippen LogP contribution in [0.15, 0.2) is 35.1 Å². The number of carbonyl (C=O) groups is 1. The van der Waals surface area contributed by atoms with Crippen LogP contribution in [0.4, 0.5) is 0 Å². The number of aromatic amines is 1. The number of aryl methyl sites for hydroxylation is 1. The Morgan fingerprint density at radius 2 is 1.76 bits per heavy atom. The molecule has 7 heteroatoms. The molecule has 0 aliphatic carbocycles. The van der Waals surface area contributed by atoms with Crippen molar-refractivity contribution in [3.8, 4) is 23.0 Å². The first-order valence-electron chi connectivity index (χ1n) is 9.14. The fourth-order valence-corrected chi connectivity index (χ4v) is 3.86. The highest BCUT2D eigenvalue weighted by molar-refractivity contribution is 5.83. The minimum absolute atomic E-state index is 0.0132. The molecule has 1 unspecified atom stereocenters. The number of nitrogens with one attached hydrogen (secondary N) is 1. The summed E-state index contributed by atoms with van der Waals surface area (Å²) in [6.45, 7) is 1.96. The zero-order valence-electron chi connectivity index (χ0n) is 16.6. The first kappa shape index (κ1) is 18.9. The molecule has 2 heterocycles. The zero-order chi connectivity index (χ0) is 20.7. The molecule has 0 saturated heterocycles. The van der Waals surface area contributed by atoms with Gasteiger partial charge in [0.15, 0.2) is 11.5 Å². The Morgan fingerprint density at radius 1 is 1.00 bits per heavy atom. The van der Waals surface area contributed by atoms with E-state index in [4.69, 9.17) is 18.9 Å². The smallest absolute Gasteiger partial charge is 0.312 e. The van der Waals surface area contributed by atoms with Gasteiger partial charge in [-0.25, -0.2) is 0 Å². The SMILES string of the molecule is COc1cc2c(c(OC)c1OC)C(c1cc3ccc(C)cc3[nH]c1=O)CC(=O)O2. The van der Waals surface area contributed by atoms with Gasteiger partial charge in [-0.05, 0) is 30.0 Å². The van der Waals surface area contributed by atoms with Gasteiger partial charge in [0.25, 0.3) is 5.56 Å². The molecule has 3 aromatic rings. The van der Waals surface area contributed by atoms with Crippen LogP contribution in [-0.4, -0.2) is 32.3 Å². The lowest BCUT2D eigenvalue weighted by molar-refractivity contribution is -0.135. The number of pyridine rings is 1. The van der Waals surface area contributed by atoms with Crippen LogP contribution in [0.2, 0.25) is 0 Å². The highest BCUT2D eigenvalue weighted by Gasteiger charge is 2.36. The summed E-state index contributed by atoms with van der Waals surface area (Å²) < 4.78 is 21.9. The van der Waals surface area contributed by atoms with E-state index in [-0.39, 0.29) is 12.0 Å². The summed E-state index contributed by atoms with van der Waals surface area (Å²) in [6, 6.07) is 9.23. The van der Waals surface area contributed by atoms with Crippen molar-refractivity contribution in [2.24, 2.45) is 0 Å². The van der Waals surface area contributed by atoms with Gasteiger partial charge in [0.1, 0.15) is 5.75 Å². The molecular weight excluding hydrogens is 374 g/mol. The first-order chi connectivity index (χ1) is 14.0. The van der Waals surface area contributed by atoms with E-state index in [2.05, 4.69) is 4.98 Å². The van der Waals surface area contributed by atoms with Gasteiger partial charge in [0.2, 0.25) is 5.75 Å². The molecule has 1 atom stereocenters. The average molecular weight is 395 g/mol. The molecule has 1 aliphatic rings.